The van der Waals surface area contributed by atoms with Crippen molar-refractivity contribution >= 4 is 58.3 Å². The largest absolute Gasteiger partial charge is 0.489 e. The average Bonchev–Trinajstić information content (AvgIpc) is 3.87. The molecular formula is C50H56Cl4O6. The van der Waals surface area contributed by atoms with E-state index in [1.807, 2.05) is 24.3 Å². The molecule has 0 spiro atoms. The van der Waals surface area contributed by atoms with Crippen LogP contribution in [0.15, 0.2) is 84.9 Å². The van der Waals surface area contributed by atoms with Crippen molar-refractivity contribution < 1.29 is 29.3 Å². The Labute approximate surface area is 374 Å². The van der Waals surface area contributed by atoms with Gasteiger partial charge in [-0.25, -0.2) is 4.79 Å². The lowest BCUT2D eigenvalue weighted by Crippen LogP contribution is -2.17. The molecule has 7 rings (SSSR count). The number of halogens is 4. The van der Waals surface area contributed by atoms with Gasteiger partial charge in [0.25, 0.3) is 0 Å². The number of alkyl halides is 4. The van der Waals surface area contributed by atoms with Crippen molar-refractivity contribution in [1.82, 2.24) is 0 Å². The summed E-state index contributed by atoms with van der Waals surface area (Å²) in [5.41, 5.74) is 8.20. The Morgan fingerprint density at radius 2 is 1.38 bits per heavy atom. The van der Waals surface area contributed by atoms with Gasteiger partial charge in [0.05, 0.1) is 18.6 Å². The lowest BCUT2D eigenvalue weighted by molar-refractivity contribution is -0.137. The van der Waals surface area contributed by atoms with E-state index in [0.29, 0.717) is 29.9 Å². The molecule has 10 heteroatoms. The van der Waals surface area contributed by atoms with Gasteiger partial charge in [0.15, 0.2) is 11.5 Å². The quantitative estimate of drug-likeness (QED) is 0.0719. The lowest BCUT2D eigenvalue weighted by atomic mass is 9.83. The van der Waals surface area contributed by atoms with Gasteiger partial charge in [-0.1, -0.05) is 92.9 Å². The Morgan fingerprint density at radius 3 is 2.13 bits per heavy atom. The molecule has 9 atom stereocenters. The summed E-state index contributed by atoms with van der Waals surface area (Å²) in [5.74, 6) is -0.580. The highest BCUT2D eigenvalue weighted by atomic mass is 35.5. The predicted molar refractivity (Wildman–Crippen MR) is 242 cm³/mol. The summed E-state index contributed by atoms with van der Waals surface area (Å²) in [6.07, 6.45) is 11.0. The smallest absolute Gasteiger partial charge is 0.335 e. The number of carboxylic acids is 2. The van der Waals surface area contributed by atoms with Crippen LogP contribution in [0.1, 0.15) is 144 Å². The minimum Gasteiger partial charge on any atom is -0.489 e. The van der Waals surface area contributed by atoms with E-state index in [9.17, 15) is 19.8 Å². The highest BCUT2D eigenvalue weighted by Crippen LogP contribution is 2.53. The van der Waals surface area contributed by atoms with E-state index in [2.05, 4.69) is 55.5 Å². The number of aryl methyl sites for hydroxylation is 3. The third kappa shape index (κ3) is 10.4. The number of ether oxygens (including phenoxy) is 2. The number of carbonyl (C=O) groups is 2. The minimum atomic E-state index is -0.933. The first-order valence-corrected chi connectivity index (χ1v) is 23.5. The Kier molecular flexibility index (Phi) is 15.3. The maximum atomic E-state index is 11.8. The van der Waals surface area contributed by atoms with Crippen molar-refractivity contribution in [3.63, 3.8) is 0 Å². The number of unbranched alkanes of at least 4 members (excludes halogenated alkanes) is 3. The van der Waals surface area contributed by atoms with Crippen LogP contribution in [0.3, 0.4) is 0 Å². The number of hydrogen-bond donors (Lipinski definition) is 2. The van der Waals surface area contributed by atoms with Gasteiger partial charge in [0, 0.05) is 39.3 Å². The normalized spacial score (nSPS) is 25.9. The number of aromatic carboxylic acids is 1. The fourth-order valence-electron chi connectivity index (χ4n) is 10.0. The van der Waals surface area contributed by atoms with Crippen LogP contribution in [0.2, 0.25) is 0 Å². The highest BCUT2D eigenvalue weighted by molar-refractivity contribution is 6.26. The molecule has 2 fully saturated rings. The van der Waals surface area contributed by atoms with E-state index in [0.717, 1.165) is 55.2 Å². The Balaban J connectivity index is 1.07. The van der Waals surface area contributed by atoms with Gasteiger partial charge >= 0.3 is 11.9 Å². The molecule has 4 aromatic carbocycles. The van der Waals surface area contributed by atoms with Crippen LogP contribution in [0.5, 0.6) is 11.5 Å². The Bertz CT molecular complexity index is 2090. The van der Waals surface area contributed by atoms with Gasteiger partial charge in [-0.2, -0.15) is 0 Å². The number of hydrogen-bond acceptors (Lipinski definition) is 4. The molecule has 6 nitrogen and oxygen atoms in total. The number of aliphatic carboxylic acids is 1. The van der Waals surface area contributed by atoms with Crippen LogP contribution in [-0.2, 0) is 24.1 Å². The molecule has 0 bridgehead atoms. The van der Waals surface area contributed by atoms with Crippen molar-refractivity contribution in [3.05, 3.63) is 129 Å². The van der Waals surface area contributed by atoms with Gasteiger partial charge in [-0.3, -0.25) is 4.79 Å². The van der Waals surface area contributed by atoms with E-state index in [-0.39, 0.29) is 64.3 Å². The number of rotatable bonds is 19. The van der Waals surface area contributed by atoms with Gasteiger partial charge in [0.2, 0.25) is 0 Å². The first-order valence-electron chi connectivity index (χ1n) is 21.8. The first kappa shape index (κ1) is 44.6. The molecule has 0 heterocycles. The maximum Gasteiger partial charge on any atom is 0.335 e. The number of fused-ring (bicyclic) bond motifs is 1. The summed E-state index contributed by atoms with van der Waals surface area (Å²) in [6, 6.07) is 28.6. The fraction of sp³-hybridized carbons (Fsp3) is 0.480. The summed E-state index contributed by atoms with van der Waals surface area (Å²) in [7, 11) is 0. The first-order chi connectivity index (χ1) is 29.0. The highest BCUT2D eigenvalue weighted by Gasteiger charge is 2.44. The summed E-state index contributed by atoms with van der Waals surface area (Å²) in [4.78, 5) is 23.3. The molecule has 0 amide bonds. The molecule has 3 aliphatic carbocycles. The van der Waals surface area contributed by atoms with Gasteiger partial charge < -0.3 is 19.7 Å². The molecule has 2 saturated carbocycles. The van der Waals surface area contributed by atoms with Gasteiger partial charge in [-0.15, -0.1) is 46.4 Å². The molecule has 0 saturated heterocycles. The van der Waals surface area contributed by atoms with E-state index >= 15 is 0 Å². The molecule has 60 heavy (non-hydrogen) atoms. The van der Waals surface area contributed by atoms with Crippen LogP contribution < -0.4 is 9.47 Å². The summed E-state index contributed by atoms with van der Waals surface area (Å²) >= 11 is 28.1. The molecule has 320 valence electrons. The van der Waals surface area contributed by atoms with Gasteiger partial charge in [0.1, 0.15) is 6.10 Å². The SMILES string of the molecule is CCCCCCc1ccc(C2C(Cl)CC(Cl)C2c2ccc(OC3CCc4cc(C5C(Cl)CC(Cl)C5CCCc5ccccc5C(=O)O)ccc43)c(OCCC(=O)O)c2)cc1. The summed E-state index contributed by atoms with van der Waals surface area (Å²) in [5, 5.41) is 18.6. The topological polar surface area (TPSA) is 93.1 Å². The second-order valence-corrected chi connectivity index (χ2v) is 19.2. The second-order valence-electron chi connectivity index (χ2n) is 17.0. The van der Waals surface area contributed by atoms with Crippen LogP contribution in [-0.4, -0.2) is 50.3 Å². The Morgan fingerprint density at radius 1 is 0.700 bits per heavy atom. The predicted octanol–water partition coefficient (Wildman–Crippen LogP) is 13.3. The van der Waals surface area contributed by atoms with E-state index in [1.165, 1.54) is 47.9 Å². The average molecular weight is 895 g/mol. The zero-order chi connectivity index (χ0) is 42.3. The molecule has 9 unspecified atom stereocenters. The van der Waals surface area contributed by atoms with E-state index in [4.69, 9.17) is 55.9 Å². The maximum absolute atomic E-state index is 11.8. The van der Waals surface area contributed by atoms with Crippen LogP contribution >= 0.6 is 46.4 Å². The van der Waals surface area contributed by atoms with Crippen LogP contribution in [0.4, 0.5) is 0 Å². The summed E-state index contributed by atoms with van der Waals surface area (Å²) in [6.45, 7) is 2.24. The van der Waals surface area contributed by atoms with Crippen LogP contribution in [0.25, 0.3) is 0 Å². The Hall–Kier alpha value is -3.42. The van der Waals surface area contributed by atoms with Crippen molar-refractivity contribution in [2.45, 2.75) is 136 Å². The van der Waals surface area contributed by atoms with Crippen molar-refractivity contribution in [2.75, 3.05) is 6.61 Å². The van der Waals surface area contributed by atoms with Crippen molar-refractivity contribution in [3.8, 4) is 11.5 Å². The van der Waals surface area contributed by atoms with E-state index < -0.39 is 11.9 Å². The summed E-state index contributed by atoms with van der Waals surface area (Å²) < 4.78 is 12.9. The fourth-order valence-corrected chi connectivity index (χ4v) is 12.2. The standard InChI is InChI=1S/C50H56Cl4O6/c1-2-3-4-5-9-30-14-16-32(17-15-30)48-41(53)29-42(54)49(48)35-20-23-44(45(27-35)59-25-24-46(55)56)60-43-22-19-33-26-34(18-21-36(33)43)47-38(39(51)28-40(47)52)13-8-11-31-10-6-7-12-37(31)50(57)58/h6-7,10,12,14-18,20-21,23,26-27,38-43,47-49H,2-5,8-9,11,13,19,22,24-25,28-29H2,1H3,(H,55,56)(H,57,58). The monoisotopic (exact) mass is 892 g/mol. The molecule has 0 aromatic heterocycles. The third-order valence-corrected chi connectivity index (χ3v) is 14.9. The third-order valence-electron chi connectivity index (χ3n) is 13.1. The zero-order valence-electron chi connectivity index (χ0n) is 34.2. The molecule has 0 radical (unpaired) electrons. The van der Waals surface area contributed by atoms with Crippen LogP contribution in [0, 0.1) is 5.92 Å². The molecular weight excluding hydrogens is 838 g/mol. The molecule has 2 N–H and O–H groups in total. The number of carboxylic acid groups (broad SMARTS) is 2. The second kappa shape index (κ2) is 20.6. The molecule has 3 aliphatic rings. The molecule has 0 aliphatic heterocycles. The van der Waals surface area contributed by atoms with Crippen molar-refractivity contribution in [1.29, 1.82) is 0 Å². The minimum absolute atomic E-state index is 0.00575. The number of benzene rings is 4. The van der Waals surface area contributed by atoms with Gasteiger partial charge in [-0.05, 0) is 121 Å². The van der Waals surface area contributed by atoms with E-state index in [1.54, 1.807) is 12.1 Å². The van der Waals surface area contributed by atoms with Crippen molar-refractivity contribution in [2.24, 2.45) is 5.92 Å². The lowest BCUT2D eigenvalue weighted by Gasteiger charge is -2.26. The molecule has 4 aromatic rings. The zero-order valence-corrected chi connectivity index (χ0v) is 37.2.